The van der Waals surface area contributed by atoms with E-state index in [-0.39, 0.29) is 24.0 Å². The molecule has 0 spiro atoms. The van der Waals surface area contributed by atoms with Crippen LogP contribution in [0.1, 0.15) is 12.0 Å². The molecule has 2 N–H and O–H groups in total. The zero-order chi connectivity index (χ0) is 14.6. The standard InChI is InChI=1S/C14H20N2O3S/c15-13(11-12-5-2-1-3-6-12)14(17)16-7-4-9-20(18,19)10-8-16/h1-3,5-6,13H,4,7-11,15H2/t13-/m1/s1. The lowest BCUT2D eigenvalue weighted by molar-refractivity contribution is -0.132. The van der Waals surface area contributed by atoms with Crippen molar-refractivity contribution < 1.29 is 13.2 Å². The van der Waals surface area contributed by atoms with Crippen molar-refractivity contribution in [2.24, 2.45) is 5.73 Å². The predicted molar refractivity (Wildman–Crippen MR) is 78.0 cm³/mol. The quantitative estimate of drug-likeness (QED) is 0.864. The number of carbonyl (C=O) groups is 1. The van der Waals surface area contributed by atoms with Crippen LogP contribution in [0, 0.1) is 0 Å². The van der Waals surface area contributed by atoms with Crippen LogP contribution >= 0.6 is 0 Å². The Morgan fingerprint density at radius 2 is 1.90 bits per heavy atom. The van der Waals surface area contributed by atoms with Crippen LogP contribution in [0.2, 0.25) is 0 Å². The number of rotatable bonds is 3. The van der Waals surface area contributed by atoms with E-state index in [1.54, 1.807) is 4.90 Å². The average Bonchev–Trinajstić information content (AvgIpc) is 2.60. The van der Waals surface area contributed by atoms with Gasteiger partial charge in [-0.2, -0.15) is 0 Å². The maximum absolute atomic E-state index is 12.3. The van der Waals surface area contributed by atoms with E-state index in [2.05, 4.69) is 0 Å². The first-order chi connectivity index (χ1) is 9.48. The van der Waals surface area contributed by atoms with Crippen molar-refractivity contribution in [1.29, 1.82) is 0 Å². The van der Waals surface area contributed by atoms with Gasteiger partial charge in [0, 0.05) is 13.1 Å². The van der Waals surface area contributed by atoms with Crippen LogP contribution in [0.15, 0.2) is 30.3 Å². The predicted octanol–water partition coefficient (Wildman–Crippen LogP) is 0.204. The third-order valence-corrected chi connectivity index (χ3v) is 5.20. The van der Waals surface area contributed by atoms with Crippen LogP contribution in [-0.2, 0) is 21.1 Å². The number of benzene rings is 1. The molecule has 1 aromatic carbocycles. The molecule has 5 nitrogen and oxygen atoms in total. The highest BCUT2D eigenvalue weighted by molar-refractivity contribution is 7.91. The summed E-state index contributed by atoms with van der Waals surface area (Å²) < 4.78 is 23.1. The zero-order valence-electron chi connectivity index (χ0n) is 11.4. The van der Waals surface area contributed by atoms with Crippen molar-refractivity contribution in [3.8, 4) is 0 Å². The topological polar surface area (TPSA) is 80.5 Å². The summed E-state index contributed by atoms with van der Waals surface area (Å²) in [6.45, 7) is 0.726. The average molecular weight is 296 g/mol. The normalized spacial score (nSPS) is 20.1. The molecule has 1 saturated heterocycles. The Morgan fingerprint density at radius 3 is 2.60 bits per heavy atom. The summed E-state index contributed by atoms with van der Waals surface area (Å²) in [6.07, 6.45) is 0.967. The van der Waals surface area contributed by atoms with Crippen LogP contribution in [0.5, 0.6) is 0 Å². The van der Waals surface area contributed by atoms with E-state index in [4.69, 9.17) is 5.73 Å². The first kappa shape index (κ1) is 15.0. The van der Waals surface area contributed by atoms with Crippen LogP contribution in [0.4, 0.5) is 0 Å². The van der Waals surface area contributed by atoms with Gasteiger partial charge >= 0.3 is 0 Å². The van der Waals surface area contributed by atoms with Gasteiger partial charge in [-0.05, 0) is 18.4 Å². The van der Waals surface area contributed by atoms with E-state index in [0.29, 0.717) is 19.4 Å². The molecule has 1 aliphatic heterocycles. The first-order valence-corrected chi connectivity index (χ1v) is 8.59. The molecule has 0 bridgehead atoms. The molecule has 0 radical (unpaired) electrons. The second-order valence-electron chi connectivity index (χ2n) is 5.13. The minimum Gasteiger partial charge on any atom is -0.340 e. The van der Waals surface area contributed by atoms with Crippen LogP contribution < -0.4 is 5.73 Å². The highest BCUT2D eigenvalue weighted by Crippen LogP contribution is 2.09. The summed E-state index contributed by atoms with van der Waals surface area (Å²) >= 11 is 0. The molecule has 0 saturated carbocycles. The van der Waals surface area contributed by atoms with Gasteiger partial charge in [0.25, 0.3) is 0 Å². The molecule has 20 heavy (non-hydrogen) atoms. The molecule has 1 heterocycles. The number of hydrogen-bond acceptors (Lipinski definition) is 4. The third kappa shape index (κ3) is 4.05. The second kappa shape index (κ2) is 6.37. The summed E-state index contributed by atoms with van der Waals surface area (Å²) in [7, 11) is -3.00. The fourth-order valence-corrected chi connectivity index (χ4v) is 3.62. The van der Waals surface area contributed by atoms with E-state index >= 15 is 0 Å². The molecule has 1 aliphatic rings. The number of hydrogen-bond donors (Lipinski definition) is 1. The van der Waals surface area contributed by atoms with E-state index in [1.165, 1.54) is 0 Å². The van der Waals surface area contributed by atoms with E-state index in [1.807, 2.05) is 30.3 Å². The SMILES string of the molecule is N[C@H](Cc1ccccc1)C(=O)N1CCCS(=O)(=O)CC1. The van der Waals surface area contributed by atoms with Gasteiger partial charge in [0.2, 0.25) is 5.91 Å². The molecule has 110 valence electrons. The summed E-state index contributed by atoms with van der Waals surface area (Å²) in [5.41, 5.74) is 6.97. The maximum atomic E-state index is 12.3. The van der Waals surface area contributed by atoms with Crippen molar-refractivity contribution in [1.82, 2.24) is 4.90 Å². The van der Waals surface area contributed by atoms with Gasteiger partial charge in [-0.15, -0.1) is 0 Å². The van der Waals surface area contributed by atoms with Gasteiger partial charge in [-0.3, -0.25) is 4.79 Å². The smallest absolute Gasteiger partial charge is 0.239 e. The first-order valence-electron chi connectivity index (χ1n) is 6.77. The number of amides is 1. The van der Waals surface area contributed by atoms with Crippen molar-refractivity contribution in [2.75, 3.05) is 24.6 Å². The largest absolute Gasteiger partial charge is 0.340 e. The lowest BCUT2D eigenvalue weighted by Gasteiger charge is -2.23. The number of sulfone groups is 1. The molecule has 2 rings (SSSR count). The van der Waals surface area contributed by atoms with E-state index in [0.717, 1.165) is 5.56 Å². The molecular weight excluding hydrogens is 276 g/mol. The van der Waals surface area contributed by atoms with E-state index in [9.17, 15) is 13.2 Å². The highest BCUT2D eigenvalue weighted by Gasteiger charge is 2.25. The molecule has 0 aliphatic carbocycles. The maximum Gasteiger partial charge on any atom is 0.239 e. The summed E-state index contributed by atoms with van der Waals surface area (Å²) in [6, 6.07) is 8.98. The Morgan fingerprint density at radius 1 is 1.20 bits per heavy atom. The van der Waals surface area contributed by atoms with Gasteiger partial charge in [0.1, 0.15) is 0 Å². The fourth-order valence-electron chi connectivity index (χ4n) is 2.35. The Hall–Kier alpha value is -1.40. The van der Waals surface area contributed by atoms with Crippen molar-refractivity contribution in [3.63, 3.8) is 0 Å². The minimum absolute atomic E-state index is 0.0385. The van der Waals surface area contributed by atoms with Crippen molar-refractivity contribution in [2.45, 2.75) is 18.9 Å². The summed E-state index contributed by atoms with van der Waals surface area (Å²) in [5.74, 6) is 0.0348. The van der Waals surface area contributed by atoms with Gasteiger partial charge in [-0.1, -0.05) is 30.3 Å². The summed E-state index contributed by atoms with van der Waals surface area (Å²) in [5, 5.41) is 0. The molecule has 1 fully saturated rings. The van der Waals surface area contributed by atoms with Crippen molar-refractivity contribution >= 4 is 15.7 Å². The minimum atomic E-state index is -3.00. The van der Waals surface area contributed by atoms with Crippen LogP contribution in [0.3, 0.4) is 0 Å². The van der Waals surface area contributed by atoms with Gasteiger partial charge in [0.05, 0.1) is 17.5 Å². The number of carbonyl (C=O) groups excluding carboxylic acids is 1. The fraction of sp³-hybridized carbons (Fsp3) is 0.500. The van der Waals surface area contributed by atoms with Crippen molar-refractivity contribution in [3.05, 3.63) is 35.9 Å². The molecular formula is C14H20N2O3S. The highest BCUT2D eigenvalue weighted by atomic mass is 32.2. The van der Waals surface area contributed by atoms with E-state index < -0.39 is 15.9 Å². The lowest BCUT2D eigenvalue weighted by Crippen LogP contribution is -2.46. The Kier molecular flexibility index (Phi) is 4.77. The lowest BCUT2D eigenvalue weighted by atomic mass is 10.1. The Labute approximate surface area is 119 Å². The van der Waals surface area contributed by atoms with Gasteiger partial charge < -0.3 is 10.6 Å². The molecule has 0 aromatic heterocycles. The Balaban J connectivity index is 1.96. The van der Waals surface area contributed by atoms with Crippen LogP contribution in [-0.4, -0.2) is 49.9 Å². The zero-order valence-corrected chi connectivity index (χ0v) is 12.2. The molecule has 6 heteroatoms. The molecule has 1 atom stereocenters. The third-order valence-electron chi connectivity index (χ3n) is 3.48. The monoisotopic (exact) mass is 296 g/mol. The van der Waals surface area contributed by atoms with Gasteiger partial charge in [0.15, 0.2) is 9.84 Å². The van der Waals surface area contributed by atoms with Crippen LogP contribution in [0.25, 0.3) is 0 Å². The molecule has 1 aromatic rings. The second-order valence-corrected chi connectivity index (χ2v) is 7.43. The Bertz CT molecular complexity index is 557. The van der Waals surface area contributed by atoms with Gasteiger partial charge in [-0.25, -0.2) is 8.42 Å². The summed E-state index contributed by atoms with van der Waals surface area (Å²) in [4.78, 5) is 13.9. The molecule has 1 amide bonds. The molecule has 0 unspecified atom stereocenters. The number of nitrogens with zero attached hydrogens (tertiary/aromatic N) is 1. The number of nitrogens with two attached hydrogens (primary N) is 1.